The van der Waals surface area contributed by atoms with Gasteiger partial charge in [-0.3, -0.25) is 4.79 Å². The molecule has 0 unspecified atom stereocenters. The summed E-state index contributed by atoms with van der Waals surface area (Å²) in [6, 6.07) is 2.31. The van der Waals surface area contributed by atoms with Gasteiger partial charge in [-0.05, 0) is 37.5 Å². The molecule has 2 rings (SSSR count). The van der Waals surface area contributed by atoms with Gasteiger partial charge in [-0.2, -0.15) is 13.2 Å². The highest BCUT2D eigenvalue weighted by Gasteiger charge is 2.40. The van der Waals surface area contributed by atoms with Crippen molar-refractivity contribution in [3.8, 4) is 0 Å². The average Bonchev–Trinajstić information content (AvgIpc) is 2.27. The van der Waals surface area contributed by atoms with E-state index in [1.54, 1.807) is 0 Å². The lowest BCUT2D eigenvalue weighted by Crippen LogP contribution is -2.56. The van der Waals surface area contributed by atoms with Crippen LogP contribution < -0.4 is 11.1 Å². The van der Waals surface area contributed by atoms with Crippen LogP contribution in [0, 0.1) is 5.82 Å². The first-order valence-corrected chi connectivity index (χ1v) is 5.69. The summed E-state index contributed by atoms with van der Waals surface area (Å²) in [5, 5.41) is 2.29. The lowest BCUT2D eigenvalue weighted by molar-refractivity contribution is -0.140. The Bertz CT molecular complexity index is 515. The van der Waals surface area contributed by atoms with Crippen molar-refractivity contribution in [2.75, 3.05) is 5.32 Å². The maximum atomic E-state index is 13.1. The second-order valence-corrected chi connectivity index (χ2v) is 4.66. The minimum absolute atomic E-state index is 0. The number of alkyl halides is 3. The SMILES string of the molecule is Cl.NC1(C(=O)Nc2ccc(F)c(C(F)(F)F)c2)CCC1. The second kappa shape index (κ2) is 5.57. The number of amides is 1. The molecular weight excluding hydrogens is 300 g/mol. The van der Waals surface area contributed by atoms with Crippen LogP contribution in [0.3, 0.4) is 0 Å². The Morgan fingerprint density at radius 2 is 1.90 bits per heavy atom. The summed E-state index contributed by atoms with van der Waals surface area (Å²) in [4.78, 5) is 11.8. The molecule has 1 aromatic rings. The molecule has 1 aliphatic rings. The van der Waals surface area contributed by atoms with Crippen molar-refractivity contribution in [3.63, 3.8) is 0 Å². The standard InChI is InChI=1S/C12H12F4N2O.ClH/c13-9-3-2-7(6-8(9)12(14,15)16)18-10(19)11(17)4-1-5-11;/h2-3,6H,1,4-5,17H2,(H,18,19);1H. The number of halogens is 5. The molecule has 0 spiro atoms. The number of nitrogens with two attached hydrogens (primary N) is 1. The van der Waals surface area contributed by atoms with E-state index in [2.05, 4.69) is 5.32 Å². The van der Waals surface area contributed by atoms with Crippen molar-refractivity contribution >= 4 is 24.0 Å². The van der Waals surface area contributed by atoms with Gasteiger partial charge in [0.25, 0.3) is 0 Å². The van der Waals surface area contributed by atoms with Crippen LogP contribution in [0.25, 0.3) is 0 Å². The van der Waals surface area contributed by atoms with Crippen molar-refractivity contribution in [1.29, 1.82) is 0 Å². The van der Waals surface area contributed by atoms with Gasteiger partial charge in [-0.1, -0.05) is 0 Å². The fourth-order valence-corrected chi connectivity index (χ4v) is 1.86. The molecular formula is C12H13ClF4N2O. The fourth-order valence-electron chi connectivity index (χ4n) is 1.86. The number of hydrogen-bond acceptors (Lipinski definition) is 2. The minimum Gasteiger partial charge on any atom is -0.324 e. The van der Waals surface area contributed by atoms with Gasteiger partial charge in [0.1, 0.15) is 5.82 Å². The van der Waals surface area contributed by atoms with Gasteiger partial charge in [-0.15, -0.1) is 12.4 Å². The maximum Gasteiger partial charge on any atom is 0.419 e. The third-order valence-electron chi connectivity index (χ3n) is 3.23. The van der Waals surface area contributed by atoms with E-state index in [1.807, 2.05) is 0 Å². The van der Waals surface area contributed by atoms with E-state index in [9.17, 15) is 22.4 Å². The van der Waals surface area contributed by atoms with E-state index in [0.29, 0.717) is 25.0 Å². The van der Waals surface area contributed by atoms with Crippen LogP contribution in [0.15, 0.2) is 18.2 Å². The first-order valence-electron chi connectivity index (χ1n) is 5.69. The number of rotatable bonds is 2. The zero-order valence-corrected chi connectivity index (χ0v) is 11.1. The molecule has 1 amide bonds. The van der Waals surface area contributed by atoms with Crippen LogP contribution in [0.1, 0.15) is 24.8 Å². The Kier molecular flexibility index (Phi) is 4.66. The van der Waals surface area contributed by atoms with Crippen molar-refractivity contribution in [1.82, 2.24) is 0 Å². The van der Waals surface area contributed by atoms with Crippen LogP contribution in [0.5, 0.6) is 0 Å². The molecule has 1 aliphatic carbocycles. The predicted octanol–water partition coefficient (Wildman–Crippen LogP) is 3.09. The monoisotopic (exact) mass is 312 g/mol. The predicted molar refractivity (Wildman–Crippen MR) is 68.0 cm³/mol. The zero-order valence-electron chi connectivity index (χ0n) is 10.3. The van der Waals surface area contributed by atoms with Gasteiger partial charge in [0.2, 0.25) is 5.91 Å². The molecule has 3 N–H and O–H groups in total. The number of nitrogens with one attached hydrogen (secondary N) is 1. The Balaban J connectivity index is 0.00000200. The molecule has 1 fully saturated rings. The van der Waals surface area contributed by atoms with Gasteiger partial charge in [0.05, 0.1) is 11.1 Å². The summed E-state index contributed by atoms with van der Waals surface area (Å²) < 4.78 is 50.6. The average molecular weight is 313 g/mol. The van der Waals surface area contributed by atoms with Crippen molar-refractivity contribution in [2.45, 2.75) is 31.0 Å². The molecule has 1 saturated carbocycles. The van der Waals surface area contributed by atoms with E-state index in [1.165, 1.54) is 0 Å². The van der Waals surface area contributed by atoms with Crippen molar-refractivity contribution < 1.29 is 22.4 Å². The van der Waals surface area contributed by atoms with Crippen LogP contribution in [-0.4, -0.2) is 11.4 Å². The quantitative estimate of drug-likeness (QED) is 0.825. The van der Waals surface area contributed by atoms with Crippen LogP contribution in [-0.2, 0) is 11.0 Å². The molecule has 0 aliphatic heterocycles. The lowest BCUT2D eigenvalue weighted by Gasteiger charge is -2.36. The number of hydrogen-bond donors (Lipinski definition) is 2. The molecule has 0 radical (unpaired) electrons. The van der Waals surface area contributed by atoms with E-state index >= 15 is 0 Å². The van der Waals surface area contributed by atoms with Crippen LogP contribution >= 0.6 is 12.4 Å². The minimum atomic E-state index is -4.80. The first-order chi connectivity index (χ1) is 8.72. The highest BCUT2D eigenvalue weighted by atomic mass is 35.5. The summed E-state index contributed by atoms with van der Waals surface area (Å²) in [5.41, 5.74) is 3.19. The van der Waals surface area contributed by atoms with Crippen LogP contribution in [0.2, 0.25) is 0 Å². The third-order valence-corrected chi connectivity index (χ3v) is 3.23. The molecule has 1 aromatic carbocycles. The zero-order chi connectivity index (χ0) is 14.3. The van der Waals surface area contributed by atoms with E-state index in [-0.39, 0.29) is 18.1 Å². The normalized spacial score (nSPS) is 16.9. The molecule has 3 nitrogen and oxygen atoms in total. The summed E-state index contributed by atoms with van der Waals surface area (Å²) in [6.07, 6.45) is -3.01. The molecule has 0 saturated heterocycles. The number of anilines is 1. The van der Waals surface area contributed by atoms with Crippen LogP contribution in [0.4, 0.5) is 23.2 Å². The van der Waals surface area contributed by atoms with Gasteiger partial charge in [0.15, 0.2) is 0 Å². The number of carbonyl (C=O) groups excluding carboxylic acids is 1. The number of benzene rings is 1. The summed E-state index contributed by atoms with van der Waals surface area (Å²) in [7, 11) is 0. The fraction of sp³-hybridized carbons (Fsp3) is 0.417. The molecule has 20 heavy (non-hydrogen) atoms. The van der Waals surface area contributed by atoms with Crippen molar-refractivity contribution in [3.05, 3.63) is 29.6 Å². The smallest absolute Gasteiger partial charge is 0.324 e. The highest BCUT2D eigenvalue weighted by Crippen LogP contribution is 2.34. The summed E-state index contributed by atoms with van der Waals surface area (Å²) in [6.45, 7) is 0. The Labute approximate surface area is 118 Å². The molecule has 8 heteroatoms. The number of carbonyl (C=O) groups is 1. The maximum absolute atomic E-state index is 13.1. The third kappa shape index (κ3) is 3.21. The summed E-state index contributed by atoms with van der Waals surface area (Å²) >= 11 is 0. The van der Waals surface area contributed by atoms with Gasteiger partial charge < -0.3 is 11.1 Å². The largest absolute Gasteiger partial charge is 0.419 e. The highest BCUT2D eigenvalue weighted by molar-refractivity contribution is 5.98. The Morgan fingerprint density at radius 1 is 1.30 bits per heavy atom. The van der Waals surface area contributed by atoms with Gasteiger partial charge in [-0.25, -0.2) is 4.39 Å². The molecule has 0 bridgehead atoms. The molecule has 112 valence electrons. The Hall–Kier alpha value is -1.34. The molecule has 0 atom stereocenters. The Morgan fingerprint density at radius 3 is 2.35 bits per heavy atom. The van der Waals surface area contributed by atoms with E-state index in [4.69, 9.17) is 5.73 Å². The lowest BCUT2D eigenvalue weighted by atomic mass is 9.77. The van der Waals surface area contributed by atoms with E-state index < -0.39 is 29.0 Å². The topological polar surface area (TPSA) is 55.1 Å². The van der Waals surface area contributed by atoms with E-state index in [0.717, 1.165) is 12.5 Å². The van der Waals surface area contributed by atoms with Gasteiger partial charge in [0, 0.05) is 5.69 Å². The van der Waals surface area contributed by atoms with Gasteiger partial charge >= 0.3 is 6.18 Å². The first kappa shape index (κ1) is 16.7. The second-order valence-electron chi connectivity index (χ2n) is 4.66. The van der Waals surface area contributed by atoms with Crippen molar-refractivity contribution in [2.24, 2.45) is 5.73 Å². The summed E-state index contributed by atoms with van der Waals surface area (Å²) in [5.74, 6) is -1.92. The molecule has 0 aromatic heterocycles. The molecule has 0 heterocycles.